The van der Waals surface area contributed by atoms with E-state index in [1.165, 1.54) is 17.3 Å². The van der Waals surface area contributed by atoms with Gasteiger partial charge in [0, 0.05) is 31.7 Å². The number of aromatic amines is 1. The van der Waals surface area contributed by atoms with Crippen molar-refractivity contribution in [3.05, 3.63) is 54.1 Å². The number of nitrogens with zero attached hydrogens (tertiary/aromatic N) is 2. The van der Waals surface area contributed by atoms with Crippen molar-refractivity contribution in [3.8, 4) is 5.75 Å². The average Bonchev–Trinajstić information content (AvgIpc) is 3.32. The smallest absolute Gasteiger partial charge is 0.230 e. The molecule has 0 aliphatic carbocycles. The number of benzene rings is 2. The Morgan fingerprint density at radius 2 is 2.18 bits per heavy atom. The molecule has 146 valence electrons. The number of amides is 1. The first kappa shape index (κ1) is 18.8. The molecular formula is C21H24N4O2S. The second-order valence-corrected chi connectivity index (χ2v) is 7.95. The quantitative estimate of drug-likeness (QED) is 0.601. The van der Waals surface area contributed by atoms with E-state index >= 15 is 0 Å². The van der Waals surface area contributed by atoms with Gasteiger partial charge in [-0.15, -0.1) is 0 Å². The van der Waals surface area contributed by atoms with Gasteiger partial charge in [0.2, 0.25) is 5.91 Å². The highest BCUT2D eigenvalue weighted by molar-refractivity contribution is 7.99. The first-order valence-electron chi connectivity index (χ1n) is 9.42. The normalized spacial score (nSPS) is 17.1. The number of carbonyl (C=O) groups is 1. The van der Waals surface area contributed by atoms with Gasteiger partial charge in [0.05, 0.1) is 23.9 Å². The van der Waals surface area contributed by atoms with Crippen LogP contribution in [0.3, 0.4) is 0 Å². The summed E-state index contributed by atoms with van der Waals surface area (Å²) >= 11 is 1.42. The van der Waals surface area contributed by atoms with Crippen LogP contribution in [0.2, 0.25) is 0 Å². The van der Waals surface area contributed by atoms with Gasteiger partial charge < -0.3 is 15.0 Å². The third-order valence-corrected chi connectivity index (χ3v) is 5.77. The Balaban J connectivity index is 1.25. The summed E-state index contributed by atoms with van der Waals surface area (Å²) in [7, 11) is 1.64. The van der Waals surface area contributed by atoms with E-state index in [2.05, 4.69) is 44.5 Å². The lowest BCUT2D eigenvalue weighted by Gasteiger charge is -2.16. The van der Waals surface area contributed by atoms with Crippen LogP contribution in [-0.2, 0) is 11.3 Å². The summed E-state index contributed by atoms with van der Waals surface area (Å²) in [6, 6.07) is 16.4. The number of thioether (sulfide) groups is 1. The minimum atomic E-state index is 0.0506. The van der Waals surface area contributed by atoms with Gasteiger partial charge in [-0.05, 0) is 24.1 Å². The number of hydrogen-bond donors (Lipinski definition) is 2. The van der Waals surface area contributed by atoms with Crippen molar-refractivity contribution < 1.29 is 9.53 Å². The molecule has 2 N–H and O–H groups in total. The molecular weight excluding hydrogens is 372 g/mol. The van der Waals surface area contributed by atoms with Crippen LogP contribution < -0.4 is 10.1 Å². The van der Waals surface area contributed by atoms with Crippen LogP contribution in [0.5, 0.6) is 5.75 Å². The molecule has 0 radical (unpaired) electrons. The lowest BCUT2D eigenvalue weighted by molar-refractivity contribution is -0.119. The van der Waals surface area contributed by atoms with Crippen molar-refractivity contribution in [2.45, 2.75) is 24.2 Å². The van der Waals surface area contributed by atoms with Crippen LogP contribution >= 0.6 is 11.8 Å². The predicted molar refractivity (Wildman–Crippen MR) is 112 cm³/mol. The predicted octanol–water partition coefficient (Wildman–Crippen LogP) is 3.05. The highest BCUT2D eigenvalue weighted by Gasteiger charge is 2.23. The Morgan fingerprint density at radius 1 is 1.32 bits per heavy atom. The number of rotatable bonds is 7. The molecule has 0 saturated carbocycles. The van der Waals surface area contributed by atoms with Crippen LogP contribution in [-0.4, -0.2) is 52.8 Å². The molecule has 0 spiro atoms. The zero-order chi connectivity index (χ0) is 19.3. The number of methoxy groups -OCH3 is 1. The molecule has 1 saturated heterocycles. The van der Waals surface area contributed by atoms with E-state index in [1.54, 1.807) is 7.11 Å². The Morgan fingerprint density at radius 3 is 3.00 bits per heavy atom. The standard InChI is InChI=1S/C21H24N4O2S/c1-27-17-7-8-18-19(11-17)24-21(23-18)28-14-20(26)22-16-9-10-25(13-16)12-15-5-3-2-4-6-15/h2-8,11,16H,9-10,12-14H2,1H3,(H,22,26)(H,23,24). The van der Waals surface area contributed by atoms with E-state index in [-0.39, 0.29) is 11.9 Å². The number of carbonyl (C=O) groups excluding carboxylic acids is 1. The number of imidazole rings is 1. The summed E-state index contributed by atoms with van der Waals surface area (Å²) in [5.74, 6) is 1.19. The SMILES string of the molecule is COc1ccc2nc(SCC(=O)NC3CCN(Cc4ccccc4)C3)[nH]c2c1. The molecule has 1 unspecified atom stereocenters. The second-order valence-electron chi connectivity index (χ2n) is 6.99. The average molecular weight is 397 g/mol. The maximum Gasteiger partial charge on any atom is 0.230 e. The minimum absolute atomic E-state index is 0.0506. The molecule has 7 heteroatoms. The summed E-state index contributed by atoms with van der Waals surface area (Å²) in [5.41, 5.74) is 3.09. The zero-order valence-electron chi connectivity index (χ0n) is 15.9. The second kappa shape index (κ2) is 8.67. The number of nitrogens with one attached hydrogen (secondary N) is 2. The number of aromatic nitrogens is 2. The lowest BCUT2D eigenvalue weighted by atomic mass is 10.2. The number of ether oxygens (including phenoxy) is 1. The molecule has 1 aliphatic heterocycles. The van der Waals surface area contributed by atoms with Gasteiger partial charge in [-0.25, -0.2) is 4.98 Å². The van der Waals surface area contributed by atoms with Crippen molar-refractivity contribution in [1.82, 2.24) is 20.2 Å². The van der Waals surface area contributed by atoms with Crippen molar-refractivity contribution >= 4 is 28.7 Å². The van der Waals surface area contributed by atoms with Crippen LogP contribution in [0, 0.1) is 0 Å². The summed E-state index contributed by atoms with van der Waals surface area (Å²) in [6.45, 7) is 2.85. The lowest BCUT2D eigenvalue weighted by Crippen LogP contribution is -2.38. The number of hydrogen-bond acceptors (Lipinski definition) is 5. The molecule has 1 atom stereocenters. The van der Waals surface area contributed by atoms with Crippen LogP contribution in [0.4, 0.5) is 0 Å². The van der Waals surface area contributed by atoms with Gasteiger partial charge in [-0.2, -0.15) is 0 Å². The first-order valence-corrected chi connectivity index (χ1v) is 10.4. The van der Waals surface area contributed by atoms with E-state index in [0.717, 1.165) is 48.0 Å². The Kier molecular flexibility index (Phi) is 5.83. The van der Waals surface area contributed by atoms with Gasteiger partial charge in [0.1, 0.15) is 5.75 Å². The minimum Gasteiger partial charge on any atom is -0.497 e. The molecule has 28 heavy (non-hydrogen) atoms. The summed E-state index contributed by atoms with van der Waals surface area (Å²) in [4.78, 5) is 22.5. The molecule has 1 amide bonds. The largest absolute Gasteiger partial charge is 0.497 e. The van der Waals surface area contributed by atoms with E-state index in [9.17, 15) is 4.79 Å². The maximum absolute atomic E-state index is 12.3. The molecule has 1 fully saturated rings. The van der Waals surface area contributed by atoms with Crippen LogP contribution in [0.15, 0.2) is 53.7 Å². The topological polar surface area (TPSA) is 70.2 Å². The van der Waals surface area contributed by atoms with Crippen molar-refractivity contribution in [1.29, 1.82) is 0 Å². The third-order valence-electron chi connectivity index (χ3n) is 4.89. The first-order chi connectivity index (χ1) is 13.7. The summed E-state index contributed by atoms with van der Waals surface area (Å²) in [6.07, 6.45) is 0.994. The van der Waals surface area contributed by atoms with Gasteiger partial charge in [0.15, 0.2) is 5.16 Å². The molecule has 2 aromatic carbocycles. The molecule has 4 rings (SSSR count). The molecule has 0 bridgehead atoms. The van der Waals surface area contributed by atoms with Crippen molar-refractivity contribution in [3.63, 3.8) is 0 Å². The van der Waals surface area contributed by atoms with Gasteiger partial charge >= 0.3 is 0 Å². The monoisotopic (exact) mass is 396 g/mol. The fraction of sp³-hybridized carbons (Fsp3) is 0.333. The van der Waals surface area contributed by atoms with E-state index < -0.39 is 0 Å². The molecule has 2 heterocycles. The van der Waals surface area contributed by atoms with Gasteiger partial charge in [-0.3, -0.25) is 9.69 Å². The van der Waals surface area contributed by atoms with E-state index in [4.69, 9.17) is 4.74 Å². The fourth-order valence-corrected chi connectivity index (χ4v) is 4.20. The molecule has 6 nitrogen and oxygen atoms in total. The van der Waals surface area contributed by atoms with Crippen molar-refractivity contribution in [2.24, 2.45) is 0 Å². The van der Waals surface area contributed by atoms with Crippen LogP contribution in [0.1, 0.15) is 12.0 Å². The molecule has 1 aliphatic rings. The van der Waals surface area contributed by atoms with Gasteiger partial charge in [-0.1, -0.05) is 42.1 Å². The Hall–Kier alpha value is -2.51. The summed E-state index contributed by atoms with van der Waals surface area (Å²) in [5, 5.41) is 3.90. The fourth-order valence-electron chi connectivity index (χ4n) is 3.50. The highest BCUT2D eigenvalue weighted by Crippen LogP contribution is 2.23. The third kappa shape index (κ3) is 4.66. The number of likely N-dealkylation sites (tertiary alicyclic amines) is 1. The van der Waals surface area contributed by atoms with Crippen LogP contribution in [0.25, 0.3) is 11.0 Å². The Bertz CT molecular complexity index is 944. The number of H-pyrrole nitrogens is 1. The van der Waals surface area contributed by atoms with Gasteiger partial charge in [0.25, 0.3) is 0 Å². The van der Waals surface area contributed by atoms with E-state index in [0.29, 0.717) is 5.75 Å². The molecule has 1 aromatic heterocycles. The molecule has 3 aromatic rings. The van der Waals surface area contributed by atoms with E-state index in [1.807, 2.05) is 24.3 Å². The zero-order valence-corrected chi connectivity index (χ0v) is 16.7. The maximum atomic E-state index is 12.3. The summed E-state index contributed by atoms with van der Waals surface area (Å²) < 4.78 is 5.23. The van der Waals surface area contributed by atoms with Crippen molar-refractivity contribution in [2.75, 3.05) is 26.0 Å². The Labute approximate surface area is 168 Å². The highest BCUT2D eigenvalue weighted by atomic mass is 32.2. The number of fused-ring (bicyclic) bond motifs is 1.